The first kappa shape index (κ1) is 31.3. The van der Waals surface area contributed by atoms with E-state index in [1.165, 1.54) is 50.0 Å². The van der Waals surface area contributed by atoms with Gasteiger partial charge in [-0.2, -0.15) is 0 Å². The van der Waals surface area contributed by atoms with E-state index in [1.54, 1.807) is 12.1 Å². The van der Waals surface area contributed by atoms with Gasteiger partial charge in [0.2, 0.25) is 5.56 Å². The molecule has 0 saturated heterocycles. The van der Waals surface area contributed by atoms with Gasteiger partial charge in [0.25, 0.3) is 0 Å². The van der Waals surface area contributed by atoms with E-state index in [1.807, 2.05) is 0 Å². The number of methoxy groups -OCH3 is 1. The van der Waals surface area contributed by atoms with Crippen LogP contribution >= 0.6 is 0 Å². The fourth-order valence-electron chi connectivity index (χ4n) is 2.35. The molecule has 3 aromatic heterocycles. The number of hydrogen-bond donors (Lipinski definition) is 9. The van der Waals surface area contributed by atoms with E-state index in [9.17, 15) is 9.59 Å². The Hall–Kier alpha value is -5.71. The van der Waals surface area contributed by atoms with Gasteiger partial charge in [0, 0.05) is 47.9 Å². The second kappa shape index (κ2) is 16.9. The highest BCUT2D eigenvalue weighted by atomic mass is 16.5. The summed E-state index contributed by atoms with van der Waals surface area (Å²) in [6, 6.07) is 9.06. The Balaban J connectivity index is 0.000000295. The van der Waals surface area contributed by atoms with Gasteiger partial charge < -0.3 is 53.0 Å². The van der Waals surface area contributed by atoms with E-state index in [0.717, 1.165) is 0 Å². The fourth-order valence-corrected chi connectivity index (χ4v) is 2.35. The summed E-state index contributed by atoms with van der Waals surface area (Å²) in [5, 5.41) is 44.8. The van der Waals surface area contributed by atoms with Crippen LogP contribution in [0.25, 0.3) is 0 Å². The van der Waals surface area contributed by atoms with Gasteiger partial charge in [-0.05, 0) is 30.3 Å². The van der Waals surface area contributed by atoms with E-state index < -0.39 is 5.97 Å². The van der Waals surface area contributed by atoms with Crippen LogP contribution in [0.4, 0.5) is 5.82 Å². The lowest BCUT2D eigenvalue weighted by Crippen LogP contribution is -2.15. The molecule has 0 spiro atoms. The quantitative estimate of drug-likeness (QED) is 0.0568. The molecular formula is C22H28N10O7. The number of anilines is 1. The summed E-state index contributed by atoms with van der Waals surface area (Å²) in [5.41, 5.74) is 17.3. The highest BCUT2D eigenvalue weighted by Crippen LogP contribution is 2.04. The lowest BCUT2D eigenvalue weighted by Gasteiger charge is -2.03. The number of amidine groups is 3. The zero-order valence-corrected chi connectivity index (χ0v) is 20.6. The number of carbonyl (C=O) groups is 1. The fraction of sp³-hybridized carbons (Fsp3) is 0.136. The Morgan fingerprint density at radius 1 is 0.897 bits per heavy atom. The molecule has 0 aromatic carbocycles. The number of H-pyrrole nitrogens is 1. The maximum absolute atomic E-state index is 11.0. The summed E-state index contributed by atoms with van der Waals surface area (Å²) in [6.45, 7) is 0.486. The Kier molecular flexibility index (Phi) is 13.5. The highest BCUT2D eigenvalue weighted by molar-refractivity contribution is 5.98. The van der Waals surface area contributed by atoms with Crippen LogP contribution in [0.2, 0.25) is 0 Å². The van der Waals surface area contributed by atoms with Crippen LogP contribution in [0, 0.1) is 0 Å². The molecule has 0 radical (unpaired) electrons. The van der Waals surface area contributed by atoms with Gasteiger partial charge in [-0.25, -0.2) is 14.8 Å². The van der Waals surface area contributed by atoms with E-state index in [2.05, 4.69) is 40.5 Å². The third-order valence-corrected chi connectivity index (χ3v) is 4.33. The minimum Gasteiger partial charge on any atom is -0.464 e. The number of aromatic nitrogens is 3. The third kappa shape index (κ3) is 10.8. The number of aliphatic hydroxyl groups excluding tert-OH is 1. The van der Waals surface area contributed by atoms with Gasteiger partial charge in [0.1, 0.15) is 11.5 Å². The van der Waals surface area contributed by atoms with Gasteiger partial charge >= 0.3 is 5.97 Å². The Morgan fingerprint density at radius 2 is 1.44 bits per heavy atom. The lowest BCUT2D eigenvalue weighted by atomic mass is 10.2. The summed E-state index contributed by atoms with van der Waals surface area (Å²) in [7, 11) is 1.27. The van der Waals surface area contributed by atoms with E-state index >= 15 is 0 Å². The van der Waals surface area contributed by atoms with Crippen molar-refractivity contribution in [1.29, 1.82) is 0 Å². The smallest absolute Gasteiger partial charge is 0.356 e. The summed E-state index contributed by atoms with van der Waals surface area (Å²) < 4.78 is 4.45. The van der Waals surface area contributed by atoms with Crippen molar-refractivity contribution in [3.63, 3.8) is 0 Å². The number of nitrogens with one attached hydrogen (secondary N) is 2. The maximum atomic E-state index is 11.0. The summed E-state index contributed by atoms with van der Waals surface area (Å²) in [6.07, 6.45) is 4.17. The molecule has 17 heteroatoms. The topological polar surface area (TPSA) is 293 Å². The summed E-state index contributed by atoms with van der Waals surface area (Å²) >= 11 is 0. The van der Waals surface area contributed by atoms with Crippen LogP contribution in [-0.2, 0) is 4.74 Å². The van der Waals surface area contributed by atoms with Crippen molar-refractivity contribution in [2.24, 2.45) is 32.7 Å². The van der Waals surface area contributed by atoms with E-state index in [0.29, 0.717) is 29.1 Å². The number of rotatable bonds is 7. The number of pyridine rings is 3. The number of carbonyl (C=O) groups excluding carboxylic acids is 1. The number of aromatic amines is 1. The molecule has 39 heavy (non-hydrogen) atoms. The molecule has 0 atom stereocenters. The molecule has 0 aliphatic rings. The second-order valence-electron chi connectivity index (χ2n) is 6.90. The first-order valence-electron chi connectivity index (χ1n) is 10.7. The Bertz CT molecular complexity index is 1300. The number of aliphatic hydroxyl groups is 1. The molecular weight excluding hydrogens is 516 g/mol. The molecule has 0 fully saturated rings. The van der Waals surface area contributed by atoms with Gasteiger partial charge in [0.15, 0.2) is 17.5 Å². The Labute approximate surface area is 221 Å². The van der Waals surface area contributed by atoms with Crippen LogP contribution in [-0.4, -0.2) is 79.4 Å². The van der Waals surface area contributed by atoms with Gasteiger partial charge in [-0.15, -0.1) is 0 Å². The SMILES string of the molecule is COC(=O)c1ccc(C(N)=NO)cn1.NC(=NO)c1ccc(=O)[nH]c1.NC(=NO)c1ccc(NCCO)nc1. The van der Waals surface area contributed by atoms with Crippen LogP contribution < -0.4 is 28.1 Å². The number of esters is 1. The molecule has 0 aliphatic heterocycles. The average Bonchev–Trinajstić information content (AvgIpc) is 2.99. The van der Waals surface area contributed by atoms with Crippen molar-refractivity contribution in [2.75, 3.05) is 25.6 Å². The van der Waals surface area contributed by atoms with Crippen LogP contribution in [0.5, 0.6) is 0 Å². The number of ether oxygens (including phenoxy) is 1. The van der Waals surface area contributed by atoms with Crippen LogP contribution in [0.3, 0.4) is 0 Å². The number of oxime groups is 3. The largest absolute Gasteiger partial charge is 0.464 e. The minimum atomic E-state index is -0.531. The first-order valence-corrected chi connectivity index (χ1v) is 10.7. The van der Waals surface area contributed by atoms with Crippen molar-refractivity contribution < 1.29 is 30.3 Å². The predicted molar refractivity (Wildman–Crippen MR) is 140 cm³/mol. The lowest BCUT2D eigenvalue weighted by molar-refractivity contribution is 0.0594. The van der Waals surface area contributed by atoms with Gasteiger partial charge in [-0.1, -0.05) is 15.5 Å². The summed E-state index contributed by atoms with van der Waals surface area (Å²) in [4.78, 5) is 31.7. The van der Waals surface area contributed by atoms with Crippen molar-refractivity contribution in [2.45, 2.75) is 0 Å². The number of nitrogens with zero attached hydrogens (tertiary/aromatic N) is 5. The monoisotopic (exact) mass is 544 g/mol. The Morgan fingerprint density at radius 3 is 1.85 bits per heavy atom. The highest BCUT2D eigenvalue weighted by Gasteiger charge is 2.07. The summed E-state index contributed by atoms with van der Waals surface area (Å²) in [5.74, 6) is 0.0333. The van der Waals surface area contributed by atoms with Gasteiger partial charge in [-0.3, -0.25) is 4.79 Å². The molecule has 17 nitrogen and oxygen atoms in total. The predicted octanol–water partition coefficient (Wildman–Crippen LogP) is -0.988. The zero-order chi connectivity index (χ0) is 29.2. The van der Waals surface area contributed by atoms with Crippen LogP contribution in [0.1, 0.15) is 27.2 Å². The van der Waals surface area contributed by atoms with Crippen molar-refractivity contribution >= 4 is 29.3 Å². The van der Waals surface area contributed by atoms with E-state index in [-0.39, 0.29) is 35.4 Å². The van der Waals surface area contributed by atoms with Crippen LogP contribution in [0.15, 0.2) is 75.3 Å². The molecule has 0 saturated carbocycles. The number of nitrogens with two attached hydrogens (primary N) is 3. The molecule has 0 amide bonds. The van der Waals surface area contributed by atoms with Crippen molar-refractivity contribution in [1.82, 2.24) is 15.0 Å². The standard InChI is InChI=1S/C8H12N4O2.C8H9N3O3.C6H7N3O2/c9-8(12-14)6-1-2-7(11-5-6)10-3-4-13;1-14-8(12)6-3-2-5(4-10-6)7(9)11-13;7-6(9-11)4-1-2-5(10)8-3-4/h1-2,5,13-14H,3-4H2,(H2,9,12)(H,10,11);2-4,13H,1H3,(H2,9,11);1-3,11H,(H2,7,9)(H,8,10). The molecule has 0 unspecified atom stereocenters. The first-order chi connectivity index (χ1) is 18.7. The number of hydrogen-bond acceptors (Lipinski definition) is 13. The van der Waals surface area contributed by atoms with Crippen molar-refractivity contribution in [3.05, 3.63) is 87.7 Å². The van der Waals surface area contributed by atoms with E-state index in [4.69, 9.17) is 37.9 Å². The van der Waals surface area contributed by atoms with Crippen molar-refractivity contribution in [3.8, 4) is 0 Å². The van der Waals surface area contributed by atoms with Gasteiger partial charge in [0.05, 0.1) is 13.7 Å². The second-order valence-corrected chi connectivity index (χ2v) is 6.90. The molecule has 0 aliphatic carbocycles. The molecule has 3 heterocycles. The molecule has 3 rings (SSSR count). The maximum Gasteiger partial charge on any atom is 0.356 e. The normalized spacial score (nSPS) is 11.3. The zero-order valence-electron chi connectivity index (χ0n) is 20.6. The average molecular weight is 545 g/mol. The molecule has 208 valence electrons. The molecule has 3 aromatic rings. The third-order valence-electron chi connectivity index (χ3n) is 4.33. The molecule has 12 N–H and O–H groups in total. The molecule has 0 bridgehead atoms. The minimum absolute atomic E-state index is 0.0196.